The van der Waals surface area contributed by atoms with Crippen LogP contribution < -0.4 is 0 Å². The number of carbonyl (C=O) groups excluding carboxylic acids is 1. The highest BCUT2D eigenvalue weighted by Gasteiger charge is 2.30. The zero-order chi connectivity index (χ0) is 15.4. The van der Waals surface area contributed by atoms with Crippen molar-refractivity contribution in [2.75, 3.05) is 20.6 Å². The second-order valence-corrected chi connectivity index (χ2v) is 5.65. The summed E-state index contributed by atoms with van der Waals surface area (Å²) in [4.78, 5) is 24.0. The van der Waals surface area contributed by atoms with Crippen molar-refractivity contribution in [3.8, 4) is 0 Å². The third-order valence-electron chi connectivity index (χ3n) is 3.67. The molecule has 1 aliphatic rings. The molecule has 0 bridgehead atoms. The van der Waals surface area contributed by atoms with Crippen LogP contribution in [0.5, 0.6) is 0 Å². The van der Waals surface area contributed by atoms with Gasteiger partial charge >= 0.3 is 11.9 Å². The molecule has 21 heavy (non-hydrogen) atoms. The van der Waals surface area contributed by atoms with Gasteiger partial charge in [0, 0.05) is 12.5 Å². The smallest absolute Gasteiger partial charge is 0.433 e. The number of hydrogen-bond donors (Lipinski definition) is 0. The van der Waals surface area contributed by atoms with Gasteiger partial charge in [-0.25, -0.2) is 4.79 Å². The molecule has 0 aliphatic heterocycles. The lowest BCUT2D eigenvalue weighted by Gasteiger charge is -2.32. The van der Waals surface area contributed by atoms with Gasteiger partial charge in [0.2, 0.25) is 5.76 Å². The van der Waals surface area contributed by atoms with Gasteiger partial charge in [0.05, 0.1) is 6.07 Å². The number of hydrogen-bond acceptors (Lipinski definition) is 6. The van der Waals surface area contributed by atoms with Crippen LogP contribution in [0.2, 0.25) is 0 Å². The highest BCUT2D eigenvalue weighted by Crippen LogP contribution is 2.28. The van der Waals surface area contributed by atoms with E-state index < -0.39 is 16.8 Å². The number of carbonyl (C=O) groups is 1. The average Bonchev–Trinajstić information content (AvgIpc) is 2.90. The van der Waals surface area contributed by atoms with E-state index in [4.69, 9.17) is 9.15 Å². The van der Waals surface area contributed by atoms with Crippen molar-refractivity contribution in [1.82, 2.24) is 4.90 Å². The Labute approximate surface area is 123 Å². The zero-order valence-electron chi connectivity index (χ0n) is 12.3. The minimum absolute atomic E-state index is 0.115. The molecule has 0 amide bonds. The molecule has 0 aromatic carbocycles. The molecule has 0 radical (unpaired) electrons. The molecular weight excluding hydrogens is 276 g/mol. The van der Waals surface area contributed by atoms with Crippen molar-refractivity contribution in [3.05, 3.63) is 28.0 Å². The van der Waals surface area contributed by atoms with Crippen molar-refractivity contribution in [2.45, 2.75) is 31.8 Å². The summed E-state index contributed by atoms with van der Waals surface area (Å²) < 4.78 is 10.4. The molecule has 1 aliphatic carbocycles. The summed E-state index contributed by atoms with van der Waals surface area (Å²) in [5, 5.41) is 10.6. The Morgan fingerprint density at radius 1 is 1.43 bits per heavy atom. The van der Waals surface area contributed by atoms with Gasteiger partial charge in [0.1, 0.15) is 11.0 Å². The largest absolute Gasteiger partial charge is 0.456 e. The molecule has 2 unspecified atom stereocenters. The van der Waals surface area contributed by atoms with Crippen LogP contribution in [-0.2, 0) is 4.74 Å². The van der Waals surface area contributed by atoms with Crippen molar-refractivity contribution < 1.29 is 18.9 Å². The topological polar surface area (TPSA) is 85.8 Å². The standard InChI is InChI=1S/C14H20N2O5/c1-15(2)9-10-5-3-4-6-11(10)21-14(17)12-7-8-13(20-12)16(18)19/h7-8,10-11H,3-6,9H2,1-2H3. The van der Waals surface area contributed by atoms with Crippen LogP contribution in [-0.4, -0.2) is 42.5 Å². The molecule has 2 rings (SSSR count). The first-order valence-corrected chi connectivity index (χ1v) is 7.07. The van der Waals surface area contributed by atoms with Crippen molar-refractivity contribution in [3.63, 3.8) is 0 Å². The molecule has 0 saturated heterocycles. The zero-order valence-corrected chi connectivity index (χ0v) is 12.3. The van der Waals surface area contributed by atoms with Crippen LogP contribution in [0.3, 0.4) is 0 Å². The van der Waals surface area contributed by atoms with Crippen molar-refractivity contribution in [1.29, 1.82) is 0 Å². The fourth-order valence-corrected chi connectivity index (χ4v) is 2.74. The van der Waals surface area contributed by atoms with Gasteiger partial charge in [0.15, 0.2) is 0 Å². The van der Waals surface area contributed by atoms with Gasteiger partial charge in [-0.05, 0) is 39.4 Å². The summed E-state index contributed by atoms with van der Waals surface area (Å²) in [5.74, 6) is -0.896. The maximum Gasteiger partial charge on any atom is 0.433 e. The Hall–Kier alpha value is -1.89. The van der Waals surface area contributed by atoms with Crippen LogP contribution >= 0.6 is 0 Å². The van der Waals surface area contributed by atoms with E-state index in [-0.39, 0.29) is 11.9 Å². The van der Waals surface area contributed by atoms with E-state index in [0.29, 0.717) is 5.92 Å². The fourth-order valence-electron chi connectivity index (χ4n) is 2.74. The lowest BCUT2D eigenvalue weighted by atomic mass is 9.86. The van der Waals surface area contributed by atoms with Crippen LogP contribution in [0.4, 0.5) is 5.88 Å². The number of rotatable bonds is 5. The van der Waals surface area contributed by atoms with E-state index >= 15 is 0 Å². The average molecular weight is 296 g/mol. The van der Waals surface area contributed by atoms with Gasteiger partial charge in [-0.2, -0.15) is 0 Å². The number of nitrogens with zero attached hydrogens (tertiary/aromatic N) is 2. The monoisotopic (exact) mass is 296 g/mol. The third-order valence-corrected chi connectivity index (χ3v) is 3.67. The van der Waals surface area contributed by atoms with E-state index in [1.165, 1.54) is 6.07 Å². The van der Waals surface area contributed by atoms with Crippen LogP contribution in [0.25, 0.3) is 0 Å². The molecule has 1 aromatic heterocycles. The summed E-state index contributed by atoms with van der Waals surface area (Å²) >= 11 is 0. The van der Waals surface area contributed by atoms with E-state index in [1.54, 1.807) is 0 Å². The predicted octanol–water partition coefficient (Wildman–Crippen LogP) is 2.47. The molecular formula is C14H20N2O5. The van der Waals surface area contributed by atoms with Gasteiger partial charge in [0.25, 0.3) is 0 Å². The number of nitro groups is 1. The van der Waals surface area contributed by atoms with Crippen LogP contribution in [0.1, 0.15) is 36.2 Å². The SMILES string of the molecule is CN(C)CC1CCCCC1OC(=O)c1ccc([N+](=O)[O-])o1. The molecule has 2 atom stereocenters. The molecule has 1 saturated carbocycles. The maximum atomic E-state index is 12.0. The molecule has 0 spiro atoms. The van der Waals surface area contributed by atoms with Crippen molar-refractivity contribution >= 4 is 11.9 Å². The number of esters is 1. The lowest BCUT2D eigenvalue weighted by molar-refractivity contribution is -0.402. The number of furan rings is 1. The second-order valence-electron chi connectivity index (χ2n) is 5.65. The summed E-state index contributed by atoms with van der Waals surface area (Å²) in [6, 6.07) is 2.44. The van der Waals surface area contributed by atoms with E-state index in [1.807, 2.05) is 14.1 Å². The van der Waals surface area contributed by atoms with Gasteiger partial charge < -0.3 is 14.1 Å². The van der Waals surface area contributed by atoms with Crippen LogP contribution in [0.15, 0.2) is 16.5 Å². The summed E-state index contributed by atoms with van der Waals surface area (Å²) in [6.07, 6.45) is 3.86. The van der Waals surface area contributed by atoms with E-state index in [0.717, 1.165) is 38.3 Å². The first-order chi connectivity index (χ1) is 9.97. The Morgan fingerprint density at radius 3 is 2.76 bits per heavy atom. The Bertz CT molecular complexity index is 511. The Morgan fingerprint density at radius 2 is 2.14 bits per heavy atom. The van der Waals surface area contributed by atoms with E-state index in [2.05, 4.69) is 4.90 Å². The molecule has 116 valence electrons. The van der Waals surface area contributed by atoms with E-state index in [9.17, 15) is 14.9 Å². The Kier molecular flexibility index (Phi) is 4.95. The van der Waals surface area contributed by atoms with Gasteiger partial charge in [-0.15, -0.1) is 0 Å². The van der Waals surface area contributed by atoms with Gasteiger partial charge in [-0.3, -0.25) is 10.1 Å². The molecule has 1 aromatic rings. The number of ether oxygens (including phenoxy) is 1. The quantitative estimate of drug-likeness (QED) is 0.471. The maximum absolute atomic E-state index is 12.0. The lowest BCUT2D eigenvalue weighted by Crippen LogP contribution is -2.36. The summed E-state index contributed by atoms with van der Waals surface area (Å²) in [6.45, 7) is 0.857. The second kappa shape index (κ2) is 6.71. The molecule has 1 fully saturated rings. The molecule has 0 N–H and O–H groups in total. The van der Waals surface area contributed by atoms with Crippen LogP contribution in [0, 0.1) is 16.0 Å². The normalized spacial score (nSPS) is 22.2. The van der Waals surface area contributed by atoms with Crippen molar-refractivity contribution in [2.24, 2.45) is 5.92 Å². The summed E-state index contributed by atoms with van der Waals surface area (Å²) in [7, 11) is 3.98. The summed E-state index contributed by atoms with van der Waals surface area (Å²) in [5.41, 5.74) is 0. The molecule has 7 nitrogen and oxygen atoms in total. The first kappa shape index (κ1) is 15.5. The fraction of sp³-hybridized carbons (Fsp3) is 0.643. The molecule has 1 heterocycles. The minimum atomic E-state index is -0.674. The Balaban J connectivity index is 2.00. The highest BCUT2D eigenvalue weighted by atomic mass is 16.7. The molecule has 7 heteroatoms. The third kappa shape index (κ3) is 4.04. The highest BCUT2D eigenvalue weighted by molar-refractivity contribution is 5.86. The minimum Gasteiger partial charge on any atom is -0.456 e. The predicted molar refractivity (Wildman–Crippen MR) is 75.1 cm³/mol. The van der Waals surface area contributed by atoms with Gasteiger partial charge in [-0.1, -0.05) is 6.42 Å². The first-order valence-electron chi connectivity index (χ1n) is 7.07.